The van der Waals surface area contributed by atoms with Gasteiger partial charge in [-0.2, -0.15) is 0 Å². The summed E-state index contributed by atoms with van der Waals surface area (Å²) < 4.78 is 0. The maximum Gasteiger partial charge on any atom is -0.00906 e. The molecule has 0 N–H and O–H groups in total. The minimum Gasteiger partial charge on any atom is -0.0654 e. The number of hydrogen-bond donors (Lipinski definition) is 0. The van der Waals surface area contributed by atoms with Crippen LogP contribution in [0.1, 0.15) is 83.3 Å². The average Bonchev–Trinajstić information content (AvgIpc) is 2.45. The van der Waals surface area contributed by atoms with Crippen molar-refractivity contribution >= 4 is 0 Å². The van der Waals surface area contributed by atoms with Crippen molar-refractivity contribution in [3.63, 3.8) is 0 Å². The number of aryl methyl sites for hydroxylation is 1. The van der Waals surface area contributed by atoms with Gasteiger partial charge in [-0.15, -0.1) is 0 Å². The van der Waals surface area contributed by atoms with Crippen LogP contribution in [0.5, 0.6) is 0 Å². The SMILES string of the molecule is CCCCCCCCCc1ccc([CH]CC(C)C)cc1. The molecule has 0 fully saturated rings. The molecule has 113 valence electrons. The molecule has 0 aliphatic carbocycles. The molecule has 0 spiro atoms. The van der Waals surface area contributed by atoms with Gasteiger partial charge in [-0.3, -0.25) is 0 Å². The van der Waals surface area contributed by atoms with E-state index in [1.807, 2.05) is 0 Å². The van der Waals surface area contributed by atoms with Crippen molar-refractivity contribution in [3.8, 4) is 0 Å². The maximum absolute atomic E-state index is 2.35. The van der Waals surface area contributed by atoms with Gasteiger partial charge in [-0.05, 0) is 42.7 Å². The molecule has 0 amide bonds. The molecule has 0 nitrogen and oxygen atoms in total. The van der Waals surface area contributed by atoms with Crippen molar-refractivity contribution in [1.82, 2.24) is 0 Å². The van der Waals surface area contributed by atoms with E-state index in [2.05, 4.69) is 51.5 Å². The lowest BCUT2D eigenvalue weighted by atomic mass is 10.00. The molecule has 0 aromatic heterocycles. The summed E-state index contributed by atoms with van der Waals surface area (Å²) in [5.74, 6) is 0.752. The van der Waals surface area contributed by atoms with Gasteiger partial charge in [0.2, 0.25) is 0 Å². The van der Waals surface area contributed by atoms with E-state index in [1.165, 1.54) is 68.9 Å². The van der Waals surface area contributed by atoms with E-state index < -0.39 is 0 Å². The molecule has 20 heavy (non-hydrogen) atoms. The molecule has 0 bridgehead atoms. The summed E-state index contributed by atoms with van der Waals surface area (Å²) in [7, 11) is 0. The van der Waals surface area contributed by atoms with E-state index in [4.69, 9.17) is 0 Å². The van der Waals surface area contributed by atoms with Gasteiger partial charge in [-0.1, -0.05) is 83.6 Å². The van der Waals surface area contributed by atoms with Crippen LogP contribution in [-0.4, -0.2) is 0 Å². The molecule has 1 rings (SSSR count). The quantitative estimate of drug-likeness (QED) is 0.399. The first-order valence-corrected chi connectivity index (χ1v) is 8.64. The maximum atomic E-state index is 2.35. The molecule has 1 aromatic carbocycles. The summed E-state index contributed by atoms with van der Waals surface area (Å²) in [5, 5.41) is 0. The molecule has 0 heterocycles. The van der Waals surface area contributed by atoms with Crippen LogP contribution in [0.15, 0.2) is 24.3 Å². The van der Waals surface area contributed by atoms with Gasteiger partial charge in [0.1, 0.15) is 0 Å². The Kier molecular flexibility index (Phi) is 9.45. The van der Waals surface area contributed by atoms with Gasteiger partial charge in [0, 0.05) is 0 Å². The minimum absolute atomic E-state index is 0.752. The molecule has 1 radical (unpaired) electrons. The van der Waals surface area contributed by atoms with Crippen molar-refractivity contribution in [1.29, 1.82) is 0 Å². The minimum atomic E-state index is 0.752. The summed E-state index contributed by atoms with van der Waals surface area (Å²) in [5.41, 5.74) is 2.88. The van der Waals surface area contributed by atoms with Crippen molar-refractivity contribution in [2.24, 2.45) is 5.92 Å². The largest absolute Gasteiger partial charge is 0.0654 e. The van der Waals surface area contributed by atoms with Crippen molar-refractivity contribution < 1.29 is 0 Å². The molecule has 0 aliphatic rings. The zero-order valence-corrected chi connectivity index (χ0v) is 13.8. The topological polar surface area (TPSA) is 0 Å². The average molecular weight is 273 g/mol. The van der Waals surface area contributed by atoms with Gasteiger partial charge < -0.3 is 0 Å². The second-order valence-electron chi connectivity index (χ2n) is 6.45. The van der Waals surface area contributed by atoms with Crippen molar-refractivity contribution in [2.75, 3.05) is 0 Å². The molecule has 0 saturated heterocycles. The fraction of sp³-hybridized carbons (Fsp3) is 0.650. The van der Waals surface area contributed by atoms with Gasteiger partial charge in [0.25, 0.3) is 0 Å². The first kappa shape index (κ1) is 17.3. The number of hydrogen-bond acceptors (Lipinski definition) is 0. The van der Waals surface area contributed by atoms with Crippen LogP contribution in [0, 0.1) is 12.3 Å². The van der Waals surface area contributed by atoms with Crippen LogP contribution < -0.4 is 0 Å². The predicted octanol–water partition coefficient (Wildman–Crippen LogP) is 6.58. The Bertz CT molecular complexity index is 320. The number of unbranched alkanes of at least 4 members (excludes halogenated alkanes) is 6. The third-order valence-electron chi connectivity index (χ3n) is 3.87. The van der Waals surface area contributed by atoms with Crippen LogP contribution in [0.4, 0.5) is 0 Å². The molecule has 0 heteroatoms. The fourth-order valence-corrected chi connectivity index (χ4v) is 2.48. The standard InChI is InChI=1S/C20H33/c1-4-5-6-7-8-9-10-11-19-14-16-20(17-15-19)13-12-18(2)3/h13-18H,4-12H2,1-3H3. The Morgan fingerprint density at radius 1 is 0.850 bits per heavy atom. The molecular weight excluding hydrogens is 240 g/mol. The molecule has 1 aromatic rings. The van der Waals surface area contributed by atoms with Crippen LogP contribution in [0.2, 0.25) is 0 Å². The van der Waals surface area contributed by atoms with Gasteiger partial charge >= 0.3 is 0 Å². The molecule has 0 saturated carbocycles. The lowest BCUT2D eigenvalue weighted by Crippen LogP contribution is -1.91. The highest BCUT2D eigenvalue weighted by Crippen LogP contribution is 2.14. The molecule has 0 unspecified atom stereocenters. The Morgan fingerprint density at radius 2 is 1.45 bits per heavy atom. The lowest BCUT2D eigenvalue weighted by molar-refractivity contribution is 0.589. The second-order valence-corrected chi connectivity index (χ2v) is 6.45. The summed E-state index contributed by atoms with van der Waals surface area (Å²) in [6, 6.07) is 9.17. The van der Waals surface area contributed by atoms with E-state index in [0.29, 0.717) is 0 Å². The fourth-order valence-electron chi connectivity index (χ4n) is 2.48. The number of benzene rings is 1. The highest BCUT2D eigenvalue weighted by atomic mass is 14.0. The second kappa shape index (κ2) is 10.9. The van der Waals surface area contributed by atoms with Crippen molar-refractivity contribution in [2.45, 2.75) is 78.6 Å². The van der Waals surface area contributed by atoms with E-state index in [0.717, 1.165) is 5.92 Å². The van der Waals surface area contributed by atoms with Crippen LogP contribution in [-0.2, 0) is 6.42 Å². The summed E-state index contributed by atoms with van der Waals surface area (Å²) in [6.45, 7) is 6.82. The first-order valence-electron chi connectivity index (χ1n) is 8.64. The highest BCUT2D eigenvalue weighted by molar-refractivity contribution is 5.27. The summed E-state index contributed by atoms with van der Waals surface area (Å²) in [6.07, 6.45) is 14.5. The lowest BCUT2D eigenvalue weighted by Gasteiger charge is -2.06. The van der Waals surface area contributed by atoms with Crippen LogP contribution in [0.25, 0.3) is 0 Å². The van der Waals surface area contributed by atoms with E-state index >= 15 is 0 Å². The Hall–Kier alpha value is -0.780. The molecule has 0 atom stereocenters. The van der Waals surface area contributed by atoms with Crippen LogP contribution in [0.3, 0.4) is 0 Å². The van der Waals surface area contributed by atoms with E-state index in [-0.39, 0.29) is 0 Å². The smallest absolute Gasteiger partial charge is 0.00906 e. The Labute approximate surface area is 127 Å². The zero-order valence-electron chi connectivity index (χ0n) is 13.8. The van der Waals surface area contributed by atoms with Crippen molar-refractivity contribution in [3.05, 3.63) is 41.8 Å². The summed E-state index contributed by atoms with van der Waals surface area (Å²) in [4.78, 5) is 0. The predicted molar refractivity (Wildman–Crippen MR) is 91.0 cm³/mol. The van der Waals surface area contributed by atoms with E-state index in [1.54, 1.807) is 0 Å². The normalized spacial score (nSPS) is 11.2. The summed E-state index contributed by atoms with van der Waals surface area (Å²) >= 11 is 0. The van der Waals surface area contributed by atoms with Gasteiger partial charge in [0.15, 0.2) is 0 Å². The Morgan fingerprint density at radius 3 is 2.05 bits per heavy atom. The third kappa shape index (κ3) is 8.40. The van der Waals surface area contributed by atoms with Gasteiger partial charge in [0.05, 0.1) is 0 Å². The van der Waals surface area contributed by atoms with Gasteiger partial charge in [-0.25, -0.2) is 0 Å². The zero-order chi connectivity index (χ0) is 14.6. The first-order chi connectivity index (χ1) is 9.72. The van der Waals surface area contributed by atoms with Crippen LogP contribution >= 0.6 is 0 Å². The highest BCUT2D eigenvalue weighted by Gasteiger charge is 1.99. The van der Waals surface area contributed by atoms with E-state index in [9.17, 15) is 0 Å². The molecular formula is C20H33. The monoisotopic (exact) mass is 273 g/mol. The molecule has 0 aliphatic heterocycles. The third-order valence-corrected chi connectivity index (χ3v) is 3.87. The Balaban J connectivity index is 2.12. The number of rotatable bonds is 11.